The first-order valence-electron chi connectivity index (χ1n) is 6.70. The van der Waals surface area contributed by atoms with Gasteiger partial charge in [-0.3, -0.25) is 4.90 Å². The van der Waals surface area contributed by atoms with E-state index in [1.807, 2.05) is 27.7 Å². The highest BCUT2D eigenvalue weighted by atomic mass is 16.5. The molecule has 2 rings (SSSR count). The van der Waals surface area contributed by atoms with Gasteiger partial charge < -0.3 is 14.3 Å². The maximum atomic E-state index is 9.20. The zero-order valence-electron chi connectivity index (χ0n) is 12.1. The summed E-state index contributed by atoms with van der Waals surface area (Å²) in [5, 5.41) is 17.4. The van der Waals surface area contributed by atoms with Gasteiger partial charge in [0.1, 0.15) is 0 Å². The van der Waals surface area contributed by atoms with E-state index in [0.29, 0.717) is 24.9 Å². The van der Waals surface area contributed by atoms with Crippen LogP contribution in [0.1, 0.15) is 39.5 Å². The number of hydrogen-bond donors (Lipinski definition) is 1. The molecule has 1 aromatic rings. The molecule has 2 unspecified atom stereocenters. The van der Waals surface area contributed by atoms with E-state index in [2.05, 4.69) is 15.1 Å². The summed E-state index contributed by atoms with van der Waals surface area (Å²) in [6, 6.07) is 0. The van der Waals surface area contributed by atoms with Crippen molar-refractivity contribution in [2.45, 2.75) is 51.9 Å². The topological polar surface area (TPSA) is 71.6 Å². The van der Waals surface area contributed by atoms with E-state index >= 15 is 0 Å². The molecular formula is C13H23N3O3. The van der Waals surface area contributed by atoms with Crippen molar-refractivity contribution in [3.8, 4) is 0 Å². The van der Waals surface area contributed by atoms with Gasteiger partial charge in [0.05, 0.1) is 25.4 Å². The predicted molar refractivity (Wildman–Crippen MR) is 69.7 cm³/mol. The summed E-state index contributed by atoms with van der Waals surface area (Å²) in [6.07, 6.45) is -0.0235. The summed E-state index contributed by atoms with van der Waals surface area (Å²) in [5.41, 5.74) is -0.128. The van der Waals surface area contributed by atoms with Gasteiger partial charge >= 0.3 is 0 Å². The second-order valence-electron chi connectivity index (χ2n) is 6.20. The Bertz CT molecular complexity index is 414. The van der Waals surface area contributed by atoms with Crippen LogP contribution in [0.25, 0.3) is 0 Å². The second-order valence-corrected chi connectivity index (χ2v) is 6.20. The van der Waals surface area contributed by atoms with Crippen LogP contribution in [0.4, 0.5) is 0 Å². The number of aromatic nitrogens is 2. The number of nitrogens with zero attached hydrogens (tertiary/aromatic N) is 3. The fourth-order valence-electron chi connectivity index (χ4n) is 2.18. The van der Waals surface area contributed by atoms with Gasteiger partial charge in [0.15, 0.2) is 0 Å². The van der Waals surface area contributed by atoms with Crippen LogP contribution in [-0.4, -0.2) is 52.1 Å². The van der Waals surface area contributed by atoms with E-state index in [4.69, 9.17) is 9.15 Å². The molecule has 0 amide bonds. The SMILES string of the molecule is CC1CN(Cc2nnc(C(C)(C)C)o2)CC(CO)O1. The molecule has 2 heterocycles. The van der Waals surface area contributed by atoms with E-state index in [-0.39, 0.29) is 24.2 Å². The minimum Gasteiger partial charge on any atom is -0.423 e. The predicted octanol–water partition coefficient (Wildman–Crippen LogP) is 0.949. The van der Waals surface area contributed by atoms with Gasteiger partial charge in [0.2, 0.25) is 11.8 Å². The normalized spacial score (nSPS) is 25.7. The summed E-state index contributed by atoms with van der Waals surface area (Å²) >= 11 is 0. The molecule has 6 heteroatoms. The Hall–Kier alpha value is -0.980. The maximum Gasteiger partial charge on any atom is 0.230 e. The molecule has 2 atom stereocenters. The summed E-state index contributed by atoms with van der Waals surface area (Å²) in [6.45, 7) is 10.3. The largest absolute Gasteiger partial charge is 0.423 e. The fourth-order valence-corrected chi connectivity index (χ4v) is 2.18. The first-order valence-corrected chi connectivity index (χ1v) is 6.70. The smallest absolute Gasteiger partial charge is 0.230 e. The van der Waals surface area contributed by atoms with Crippen molar-refractivity contribution < 1.29 is 14.3 Å². The number of aliphatic hydroxyl groups is 1. The molecule has 0 radical (unpaired) electrons. The molecule has 0 spiro atoms. The molecule has 1 N–H and O–H groups in total. The molecule has 108 valence electrons. The molecular weight excluding hydrogens is 246 g/mol. The monoisotopic (exact) mass is 269 g/mol. The number of rotatable bonds is 3. The number of morpholine rings is 1. The van der Waals surface area contributed by atoms with E-state index < -0.39 is 0 Å². The molecule has 0 saturated carbocycles. The lowest BCUT2D eigenvalue weighted by Crippen LogP contribution is -2.47. The van der Waals surface area contributed by atoms with Crippen molar-refractivity contribution in [3.63, 3.8) is 0 Å². The van der Waals surface area contributed by atoms with Gasteiger partial charge in [-0.25, -0.2) is 0 Å². The van der Waals surface area contributed by atoms with Gasteiger partial charge in [-0.05, 0) is 6.92 Å². The maximum absolute atomic E-state index is 9.20. The molecule has 0 bridgehead atoms. The van der Waals surface area contributed by atoms with Crippen LogP contribution in [0.3, 0.4) is 0 Å². The minimum atomic E-state index is -0.131. The van der Waals surface area contributed by atoms with Crippen molar-refractivity contribution in [1.82, 2.24) is 15.1 Å². The molecule has 0 aromatic carbocycles. The number of hydrogen-bond acceptors (Lipinski definition) is 6. The second kappa shape index (κ2) is 5.56. The molecule has 19 heavy (non-hydrogen) atoms. The van der Waals surface area contributed by atoms with Crippen LogP contribution >= 0.6 is 0 Å². The summed E-state index contributed by atoms with van der Waals surface area (Å²) in [4.78, 5) is 2.18. The Balaban J connectivity index is 1.99. The molecule has 1 aromatic heterocycles. The van der Waals surface area contributed by atoms with Crippen molar-refractivity contribution in [2.24, 2.45) is 0 Å². The highest BCUT2D eigenvalue weighted by molar-refractivity contribution is 4.96. The van der Waals surface area contributed by atoms with Crippen LogP contribution in [0.2, 0.25) is 0 Å². The van der Waals surface area contributed by atoms with Gasteiger partial charge in [-0.1, -0.05) is 20.8 Å². The Morgan fingerprint density at radius 3 is 2.63 bits per heavy atom. The third kappa shape index (κ3) is 3.75. The highest BCUT2D eigenvalue weighted by Crippen LogP contribution is 2.21. The third-order valence-corrected chi connectivity index (χ3v) is 3.07. The van der Waals surface area contributed by atoms with Crippen molar-refractivity contribution in [2.75, 3.05) is 19.7 Å². The van der Waals surface area contributed by atoms with E-state index in [1.165, 1.54) is 0 Å². The molecule has 6 nitrogen and oxygen atoms in total. The first kappa shape index (κ1) is 14.4. The van der Waals surface area contributed by atoms with Gasteiger partial charge in [0.25, 0.3) is 0 Å². The van der Waals surface area contributed by atoms with Crippen LogP contribution in [0.5, 0.6) is 0 Å². The van der Waals surface area contributed by atoms with Gasteiger partial charge in [0, 0.05) is 18.5 Å². The van der Waals surface area contributed by atoms with Crippen LogP contribution in [0.15, 0.2) is 4.42 Å². The van der Waals surface area contributed by atoms with Crippen molar-refractivity contribution in [1.29, 1.82) is 0 Å². The summed E-state index contributed by atoms with van der Waals surface area (Å²) in [5.74, 6) is 1.28. The average Bonchev–Trinajstić information content (AvgIpc) is 2.76. The van der Waals surface area contributed by atoms with E-state index in [9.17, 15) is 5.11 Å². The zero-order valence-corrected chi connectivity index (χ0v) is 12.1. The van der Waals surface area contributed by atoms with Crippen LogP contribution < -0.4 is 0 Å². The van der Waals surface area contributed by atoms with E-state index in [1.54, 1.807) is 0 Å². The fraction of sp³-hybridized carbons (Fsp3) is 0.846. The molecule has 1 aliphatic rings. The van der Waals surface area contributed by atoms with Crippen molar-refractivity contribution in [3.05, 3.63) is 11.8 Å². The quantitative estimate of drug-likeness (QED) is 0.881. The van der Waals surface area contributed by atoms with Gasteiger partial charge in [-0.15, -0.1) is 10.2 Å². The third-order valence-electron chi connectivity index (χ3n) is 3.07. The standard InChI is InChI=1S/C13H23N3O3/c1-9-5-16(6-10(8-17)18-9)7-11-14-15-12(19-11)13(2,3)4/h9-10,17H,5-8H2,1-4H3. The Labute approximate surface area is 113 Å². The molecule has 1 saturated heterocycles. The number of aliphatic hydroxyl groups excluding tert-OH is 1. The minimum absolute atomic E-state index is 0.0396. The Morgan fingerprint density at radius 1 is 1.32 bits per heavy atom. The zero-order chi connectivity index (χ0) is 14.0. The molecule has 1 fully saturated rings. The average molecular weight is 269 g/mol. The Kier molecular flexibility index (Phi) is 4.23. The summed E-state index contributed by atoms with van der Waals surface area (Å²) in [7, 11) is 0. The van der Waals surface area contributed by atoms with Gasteiger partial charge in [-0.2, -0.15) is 0 Å². The van der Waals surface area contributed by atoms with E-state index in [0.717, 1.165) is 6.54 Å². The van der Waals surface area contributed by atoms with Crippen molar-refractivity contribution >= 4 is 0 Å². The lowest BCUT2D eigenvalue weighted by Gasteiger charge is -2.35. The van der Waals surface area contributed by atoms with Crippen LogP contribution in [-0.2, 0) is 16.7 Å². The molecule has 1 aliphatic heterocycles. The number of ether oxygens (including phenoxy) is 1. The Morgan fingerprint density at radius 2 is 2.05 bits per heavy atom. The highest BCUT2D eigenvalue weighted by Gasteiger charge is 2.27. The molecule has 0 aliphatic carbocycles. The summed E-state index contributed by atoms with van der Waals surface area (Å²) < 4.78 is 11.3. The lowest BCUT2D eigenvalue weighted by molar-refractivity contribution is -0.0986. The lowest BCUT2D eigenvalue weighted by atomic mass is 9.97. The van der Waals surface area contributed by atoms with Crippen LogP contribution in [0, 0.1) is 0 Å². The first-order chi connectivity index (χ1) is 8.88.